The molecule has 4 nitrogen and oxygen atoms in total. The molecule has 0 saturated carbocycles. The number of hydrogen-bond donors (Lipinski definition) is 0. The fourth-order valence-corrected chi connectivity index (χ4v) is 22.3. The van der Waals surface area contributed by atoms with Crippen LogP contribution in [-0.4, -0.2) is 44.5 Å². The van der Waals surface area contributed by atoms with Gasteiger partial charge in [0, 0.05) is 0 Å². The second-order valence-corrected chi connectivity index (χ2v) is 21.7. The minimum absolute atomic E-state index is 0.251. The van der Waals surface area contributed by atoms with Crippen LogP contribution in [0, 0.1) is 0 Å². The second-order valence-electron chi connectivity index (χ2n) is 8.42. The maximum absolute atomic E-state index is 13.0. The number of methoxy groups -OCH3 is 2. The fraction of sp³-hybridized carbons (Fsp3) is 0.760. The predicted octanol–water partition coefficient (Wildman–Crippen LogP) is 7.15. The Morgan fingerprint density at radius 1 is 0.733 bits per heavy atom. The molecule has 174 valence electrons. The van der Waals surface area contributed by atoms with Gasteiger partial charge >= 0.3 is 190 Å². The van der Waals surface area contributed by atoms with E-state index in [0.717, 1.165) is 24.8 Å². The number of allylic oxidation sites excluding steroid dienone is 1. The van der Waals surface area contributed by atoms with Crippen LogP contribution >= 0.6 is 0 Å². The third-order valence-electron chi connectivity index (χ3n) is 6.11. The first-order valence-corrected chi connectivity index (χ1v) is 19.4. The number of hydrogen-bond acceptors (Lipinski definition) is 4. The van der Waals surface area contributed by atoms with Crippen LogP contribution < -0.4 is 0 Å². The maximum atomic E-state index is 13.0. The van der Waals surface area contributed by atoms with Crippen LogP contribution in [0.15, 0.2) is 21.3 Å². The van der Waals surface area contributed by atoms with Crippen molar-refractivity contribution in [3.63, 3.8) is 0 Å². The molecule has 0 spiro atoms. The van der Waals surface area contributed by atoms with Gasteiger partial charge in [0.15, 0.2) is 0 Å². The SMILES string of the molecule is C=C(C/C(C(=O)OC)=[C](\CCCC)[Sn]([CH2]CCC)([CH2]CCC)[CH2]CCC)C(=O)OC. The van der Waals surface area contributed by atoms with E-state index in [-0.39, 0.29) is 12.4 Å². The van der Waals surface area contributed by atoms with E-state index in [9.17, 15) is 9.59 Å². The summed E-state index contributed by atoms with van der Waals surface area (Å²) in [6.45, 7) is 12.9. The Labute approximate surface area is 189 Å². The van der Waals surface area contributed by atoms with Crippen molar-refractivity contribution < 1.29 is 19.1 Å². The van der Waals surface area contributed by atoms with Gasteiger partial charge in [-0.05, 0) is 0 Å². The average Bonchev–Trinajstić information content (AvgIpc) is 2.77. The summed E-state index contributed by atoms with van der Waals surface area (Å²) in [6, 6.07) is 0. The summed E-state index contributed by atoms with van der Waals surface area (Å²) < 4.78 is 15.4. The summed E-state index contributed by atoms with van der Waals surface area (Å²) in [7, 11) is 2.81. The Hall–Kier alpha value is -0.781. The normalized spacial score (nSPS) is 12.3. The van der Waals surface area contributed by atoms with Gasteiger partial charge in [0.05, 0.1) is 0 Å². The minimum atomic E-state index is -2.85. The molecule has 0 N–H and O–H groups in total. The summed E-state index contributed by atoms with van der Waals surface area (Å²) in [5, 5.41) is 0. The van der Waals surface area contributed by atoms with Crippen LogP contribution in [0.5, 0.6) is 0 Å². The van der Waals surface area contributed by atoms with Gasteiger partial charge in [-0.3, -0.25) is 0 Å². The Balaban J connectivity index is 6.64. The van der Waals surface area contributed by atoms with Gasteiger partial charge in [-0.2, -0.15) is 0 Å². The molecule has 30 heavy (non-hydrogen) atoms. The Morgan fingerprint density at radius 3 is 1.53 bits per heavy atom. The first kappa shape index (κ1) is 29.2. The van der Waals surface area contributed by atoms with Crippen LogP contribution in [0.2, 0.25) is 13.3 Å². The zero-order valence-corrected chi connectivity index (χ0v) is 23.4. The van der Waals surface area contributed by atoms with E-state index < -0.39 is 24.3 Å². The molecule has 0 saturated heterocycles. The molecule has 0 bridgehead atoms. The monoisotopic (exact) mass is 530 g/mol. The van der Waals surface area contributed by atoms with E-state index in [1.54, 1.807) is 0 Å². The molecule has 0 radical (unpaired) electrons. The van der Waals surface area contributed by atoms with E-state index in [1.807, 2.05) is 0 Å². The van der Waals surface area contributed by atoms with Crippen LogP contribution in [0.4, 0.5) is 0 Å². The molecule has 0 aromatic heterocycles. The van der Waals surface area contributed by atoms with Crippen molar-refractivity contribution in [2.75, 3.05) is 14.2 Å². The number of carbonyl (C=O) groups is 2. The topological polar surface area (TPSA) is 52.6 Å². The standard InChI is InChI=1S/C13H19O4.3C4H9.Sn/c1-5-6-7-8-11(13(15)17-4)9-10(2)12(14)16-3;3*1-3-4-2;/h2,5-7,9H2,1,3-4H3;3*1,3-4H2,2H3;. The molecule has 0 aromatic rings. The zero-order chi connectivity index (χ0) is 23.0. The fourth-order valence-electron chi connectivity index (χ4n) is 4.32. The van der Waals surface area contributed by atoms with Gasteiger partial charge in [0.25, 0.3) is 0 Å². The summed E-state index contributed by atoms with van der Waals surface area (Å²) >= 11 is -2.85. The molecule has 0 rings (SSSR count). The van der Waals surface area contributed by atoms with Crippen LogP contribution in [0.25, 0.3) is 0 Å². The number of carbonyl (C=O) groups excluding carboxylic acids is 2. The van der Waals surface area contributed by atoms with E-state index in [1.165, 1.54) is 69.6 Å². The van der Waals surface area contributed by atoms with E-state index in [2.05, 4.69) is 34.3 Å². The molecular formula is C25H46O4Sn. The van der Waals surface area contributed by atoms with Crippen LogP contribution in [0.1, 0.15) is 91.9 Å². The quantitative estimate of drug-likeness (QED) is 0.114. The molecule has 0 unspecified atom stereocenters. The van der Waals surface area contributed by atoms with Gasteiger partial charge in [0.1, 0.15) is 0 Å². The molecule has 0 heterocycles. The van der Waals surface area contributed by atoms with Gasteiger partial charge in [0.2, 0.25) is 0 Å². The van der Waals surface area contributed by atoms with Crippen LogP contribution in [0.3, 0.4) is 0 Å². The van der Waals surface area contributed by atoms with Crippen molar-refractivity contribution in [2.45, 2.75) is 105 Å². The van der Waals surface area contributed by atoms with Crippen molar-refractivity contribution in [3.8, 4) is 0 Å². The molecule has 0 aliphatic heterocycles. The van der Waals surface area contributed by atoms with Crippen molar-refractivity contribution in [1.29, 1.82) is 0 Å². The van der Waals surface area contributed by atoms with E-state index in [0.29, 0.717) is 5.57 Å². The molecule has 0 aromatic carbocycles. The third kappa shape index (κ3) is 9.57. The first-order valence-electron chi connectivity index (χ1n) is 11.9. The predicted molar refractivity (Wildman–Crippen MR) is 129 cm³/mol. The van der Waals surface area contributed by atoms with Gasteiger partial charge < -0.3 is 0 Å². The Morgan fingerprint density at radius 2 is 1.17 bits per heavy atom. The van der Waals surface area contributed by atoms with Gasteiger partial charge in [-0.25, -0.2) is 0 Å². The first-order chi connectivity index (χ1) is 14.4. The summed E-state index contributed by atoms with van der Waals surface area (Å²) in [5.74, 6) is -0.723. The molecule has 0 atom stereocenters. The van der Waals surface area contributed by atoms with Gasteiger partial charge in [-0.15, -0.1) is 0 Å². The molecule has 0 aliphatic rings. The zero-order valence-electron chi connectivity index (χ0n) is 20.5. The molecular weight excluding hydrogens is 483 g/mol. The molecule has 0 amide bonds. The number of ether oxygens (including phenoxy) is 2. The number of esters is 2. The Bertz CT molecular complexity index is 544. The van der Waals surface area contributed by atoms with Crippen molar-refractivity contribution in [1.82, 2.24) is 0 Å². The van der Waals surface area contributed by atoms with E-state index >= 15 is 0 Å². The second kappa shape index (κ2) is 16.9. The third-order valence-corrected chi connectivity index (χ3v) is 22.6. The summed E-state index contributed by atoms with van der Waals surface area (Å²) in [6.07, 6.45) is 10.6. The number of unbranched alkanes of at least 4 members (excludes halogenated alkanes) is 4. The van der Waals surface area contributed by atoms with Crippen molar-refractivity contribution in [2.24, 2.45) is 0 Å². The molecule has 5 heteroatoms. The molecule has 0 aliphatic carbocycles. The van der Waals surface area contributed by atoms with Crippen molar-refractivity contribution >= 4 is 30.3 Å². The summed E-state index contributed by atoms with van der Waals surface area (Å²) in [5.41, 5.74) is 1.06. The van der Waals surface area contributed by atoms with Gasteiger partial charge in [-0.1, -0.05) is 0 Å². The number of rotatable bonds is 17. The average molecular weight is 529 g/mol. The molecule has 0 fully saturated rings. The Kier molecular flexibility index (Phi) is 16.4. The van der Waals surface area contributed by atoms with Crippen molar-refractivity contribution in [3.05, 3.63) is 21.3 Å². The summed E-state index contributed by atoms with van der Waals surface area (Å²) in [4.78, 5) is 25.1. The van der Waals surface area contributed by atoms with Crippen LogP contribution in [-0.2, 0) is 19.1 Å². The van der Waals surface area contributed by atoms with E-state index in [4.69, 9.17) is 9.47 Å².